The SMILES string of the molecule is CC(=O)Sc1ccccc1C(C)=S. The summed E-state index contributed by atoms with van der Waals surface area (Å²) in [5, 5.41) is 0.0868. The monoisotopic (exact) mass is 210 g/mol. The van der Waals surface area contributed by atoms with Crippen LogP contribution in [0, 0.1) is 0 Å². The van der Waals surface area contributed by atoms with Crippen molar-refractivity contribution in [3.8, 4) is 0 Å². The van der Waals surface area contributed by atoms with Crippen LogP contribution in [0.4, 0.5) is 0 Å². The highest BCUT2D eigenvalue weighted by atomic mass is 32.2. The van der Waals surface area contributed by atoms with E-state index in [0.717, 1.165) is 15.3 Å². The Hall–Kier alpha value is -0.670. The molecule has 1 rings (SSSR count). The molecule has 0 heterocycles. The lowest BCUT2D eigenvalue weighted by molar-refractivity contribution is -0.109. The lowest BCUT2D eigenvalue weighted by Gasteiger charge is -2.04. The topological polar surface area (TPSA) is 17.1 Å². The van der Waals surface area contributed by atoms with Gasteiger partial charge in [-0.3, -0.25) is 4.79 Å². The highest BCUT2D eigenvalue weighted by Gasteiger charge is 2.05. The van der Waals surface area contributed by atoms with Crippen molar-refractivity contribution < 1.29 is 4.79 Å². The molecule has 0 amide bonds. The predicted molar refractivity (Wildman–Crippen MR) is 60.4 cm³/mol. The van der Waals surface area contributed by atoms with Crippen LogP contribution in [0.2, 0.25) is 0 Å². The third-order valence-electron chi connectivity index (χ3n) is 1.52. The van der Waals surface area contributed by atoms with Crippen molar-refractivity contribution in [2.75, 3.05) is 0 Å². The van der Waals surface area contributed by atoms with E-state index in [1.807, 2.05) is 31.2 Å². The largest absolute Gasteiger partial charge is 0.287 e. The van der Waals surface area contributed by atoms with E-state index in [2.05, 4.69) is 0 Å². The maximum Gasteiger partial charge on any atom is 0.190 e. The zero-order valence-corrected chi connectivity index (χ0v) is 9.17. The predicted octanol–water partition coefficient (Wildman–Crippen LogP) is 3.06. The molecule has 0 aliphatic rings. The van der Waals surface area contributed by atoms with Gasteiger partial charge in [0, 0.05) is 22.2 Å². The molecule has 0 spiro atoms. The van der Waals surface area contributed by atoms with E-state index in [0.29, 0.717) is 0 Å². The Balaban J connectivity index is 3.04. The van der Waals surface area contributed by atoms with Crippen molar-refractivity contribution in [2.24, 2.45) is 0 Å². The van der Waals surface area contributed by atoms with E-state index in [-0.39, 0.29) is 5.12 Å². The molecule has 0 fully saturated rings. The van der Waals surface area contributed by atoms with Gasteiger partial charge in [-0.25, -0.2) is 0 Å². The third kappa shape index (κ3) is 2.94. The third-order valence-corrected chi connectivity index (χ3v) is 2.60. The minimum atomic E-state index is 0.0868. The molecule has 0 radical (unpaired) electrons. The molecule has 0 atom stereocenters. The van der Waals surface area contributed by atoms with E-state index < -0.39 is 0 Å². The van der Waals surface area contributed by atoms with Crippen molar-refractivity contribution in [1.29, 1.82) is 0 Å². The Morgan fingerprint density at radius 2 is 1.92 bits per heavy atom. The fourth-order valence-electron chi connectivity index (χ4n) is 1.00. The average molecular weight is 210 g/mol. The molecule has 68 valence electrons. The van der Waals surface area contributed by atoms with Crippen LogP contribution in [0.25, 0.3) is 0 Å². The fourth-order valence-corrected chi connectivity index (χ4v) is 2.03. The number of thioether (sulfide) groups is 1. The van der Waals surface area contributed by atoms with Crippen molar-refractivity contribution in [1.82, 2.24) is 0 Å². The van der Waals surface area contributed by atoms with Crippen LogP contribution in [0.5, 0.6) is 0 Å². The van der Waals surface area contributed by atoms with Gasteiger partial charge in [0.25, 0.3) is 0 Å². The number of hydrogen-bond acceptors (Lipinski definition) is 3. The zero-order valence-electron chi connectivity index (χ0n) is 7.53. The van der Waals surface area contributed by atoms with Gasteiger partial charge < -0.3 is 0 Å². The molecule has 0 aromatic heterocycles. The molecule has 1 nitrogen and oxygen atoms in total. The number of hydrogen-bond donors (Lipinski definition) is 0. The normalized spacial score (nSPS) is 9.69. The lowest BCUT2D eigenvalue weighted by Crippen LogP contribution is -1.94. The Labute approximate surface area is 87.5 Å². The van der Waals surface area contributed by atoms with Crippen LogP contribution in [0.15, 0.2) is 29.2 Å². The summed E-state index contributed by atoms with van der Waals surface area (Å²) in [6.45, 7) is 3.43. The number of rotatable bonds is 2. The molecule has 0 N–H and O–H groups in total. The summed E-state index contributed by atoms with van der Waals surface area (Å²) in [4.78, 5) is 12.7. The Kier molecular flexibility index (Phi) is 3.63. The Morgan fingerprint density at radius 1 is 1.31 bits per heavy atom. The summed E-state index contributed by atoms with van der Waals surface area (Å²) in [6.07, 6.45) is 0. The second-order valence-electron chi connectivity index (χ2n) is 2.65. The molecule has 0 saturated carbocycles. The van der Waals surface area contributed by atoms with Crippen LogP contribution in [-0.4, -0.2) is 9.98 Å². The van der Waals surface area contributed by atoms with Crippen LogP contribution < -0.4 is 0 Å². The van der Waals surface area contributed by atoms with Gasteiger partial charge in [-0.05, 0) is 13.0 Å². The molecule has 0 bridgehead atoms. The summed E-state index contributed by atoms with van der Waals surface area (Å²) in [5.74, 6) is 0. The van der Waals surface area contributed by atoms with E-state index in [1.54, 1.807) is 6.92 Å². The van der Waals surface area contributed by atoms with Crippen molar-refractivity contribution in [2.45, 2.75) is 18.7 Å². The number of carbonyl (C=O) groups is 1. The van der Waals surface area contributed by atoms with Crippen LogP contribution in [0.3, 0.4) is 0 Å². The number of benzene rings is 1. The first kappa shape index (κ1) is 10.4. The van der Waals surface area contributed by atoms with Crippen molar-refractivity contribution in [3.63, 3.8) is 0 Å². The van der Waals surface area contributed by atoms with Gasteiger partial charge in [-0.15, -0.1) is 0 Å². The molecule has 0 unspecified atom stereocenters. The maximum absolute atomic E-state index is 10.9. The van der Waals surface area contributed by atoms with Gasteiger partial charge in [0.15, 0.2) is 5.12 Å². The summed E-state index contributed by atoms with van der Waals surface area (Å²) < 4.78 is 0. The van der Waals surface area contributed by atoms with E-state index in [1.165, 1.54) is 11.8 Å². The maximum atomic E-state index is 10.9. The van der Waals surface area contributed by atoms with Gasteiger partial charge in [0.2, 0.25) is 0 Å². The molecule has 0 aliphatic heterocycles. The van der Waals surface area contributed by atoms with Crippen LogP contribution in [0.1, 0.15) is 19.4 Å². The summed E-state index contributed by atoms with van der Waals surface area (Å²) >= 11 is 6.30. The van der Waals surface area contributed by atoms with Gasteiger partial charge in [-0.1, -0.05) is 42.2 Å². The first-order chi connectivity index (χ1) is 6.11. The molecule has 0 saturated heterocycles. The highest BCUT2D eigenvalue weighted by molar-refractivity contribution is 8.13. The van der Waals surface area contributed by atoms with E-state index in [4.69, 9.17) is 12.2 Å². The average Bonchev–Trinajstić information content (AvgIpc) is 2.03. The van der Waals surface area contributed by atoms with Gasteiger partial charge in [0.1, 0.15) is 0 Å². The summed E-state index contributed by atoms with van der Waals surface area (Å²) in [6, 6.07) is 7.69. The quantitative estimate of drug-likeness (QED) is 0.424. The van der Waals surface area contributed by atoms with Gasteiger partial charge in [-0.2, -0.15) is 0 Å². The smallest absolute Gasteiger partial charge is 0.190 e. The first-order valence-corrected chi connectivity index (χ1v) is 5.12. The highest BCUT2D eigenvalue weighted by Crippen LogP contribution is 2.23. The molecular weight excluding hydrogens is 200 g/mol. The minimum absolute atomic E-state index is 0.0868. The fraction of sp³-hybridized carbons (Fsp3) is 0.200. The number of thiocarbonyl (C=S) groups is 1. The van der Waals surface area contributed by atoms with E-state index in [9.17, 15) is 4.79 Å². The van der Waals surface area contributed by atoms with Crippen molar-refractivity contribution in [3.05, 3.63) is 29.8 Å². The lowest BCUT2D eigenvalue weighted by atomic mass is 10.2. The van der Waals surface area contributed by atoms with Crippen molar-refractivity contribution >= 4 is 34.0 Å². The molecule has 1 aromatic rings. The molecular formula is C10H10OS2. The van der Waals surface area contributed by atoms with Gasteiger partial charge >= 0.3 is 0 Å². The summed E-state index contributed by atoms with van der Waals surface area (Å²) in [7, 11) is 0. The van der Waals surface area contributed by atoms with Crippen LogP contribution in [-0.2, 0) is 4.79 Å². The second kappa shape index (κ2) is 4.53. The summed E-state index contributed by atoms with van der Waals surface area (Å²) in [5.41, 5.74) is 0.984. The first-order valence-electron chi connectivity index (χ1n) is 3.89. The molecule has 0 aliphatic carbocycles. The van der Waals surface area contributed by atoms with Gasteiger partial charge in [0.05, 0.1) is 0 Å². The van der Waals surface area contributed by atoms with Crippen LogP contribution >= 0.6 is 24.0 Å². The standard InChI is InChI=1S/C10H10OS2/c1-7(12)9-5-3-4-6-10(9)13-8(2)11/h3-6H,1-2H3. The van der Waals surface area contributed by atoms with E-state index >= 15 is 0 Å². The molecule has 1 aromatic carbocycles. The minimum Gasteiger partial charge on any atom is -0.287 e. The molecule has 3 heteroatoms. The number of carbonyl (C=O) groups excluding carboxylic acids is 1. The second-order valence-corrected chi connectivity index (χ2v) is 4.48. The zero-order chi connectivity index (χ0) is 9.84. The molecule has 13 heavy (non-hydrogen) atoms. The Bertz CT molecular complexity index is 345. The Morgan fingerprint density at radius 3 is 2.46 bits per heavy atom.